The highest BCUT2D eigenvalue weighted by Crippen LogP contribution is 2.37. The molecule has 0 aliphatic carbocycles. The van der Waals surface area contributed by atoms with Crippen molar-refractivity contribution in [1.29, 1.82) is 0 Å². The number of anilines is 2. The Hall–Kier alpha value is -3.69. The van der Waals surface area contributed by atoms with Crippen molar-refractivity contribution in [3.05, 3.63) is 82.1 Å². The SMILES string of the molecule is CN1CCN(c2ccc(Cc3ncc4c(n3)S/C(=C/c3ccc(C(N)=O)cc3)C(=O)N4)cc2)CC1. The third kappa shape index (κ3) is 5.36. The molecule has 3 N–H and O–H groups in total. The molecule has 9 heteroatoms. The molecule has 1 fully saturated rings. The number of carbonyl (C=O) groups excluding carboxylic acids is 2. The van der Waals surface area contributed by atoms with Crippen LogP contribution in [0.5, 0.6) is 0 Å². The Morgan fingerprint density at radius 2 is 1.80 bits per heavy atom. The number of benzene rings is 2. The van der Waals surface area contributed by atoms with E-state index in [0.29, 0.717) is 33.4 Å². The zero-order valence-electron chi connectivity index (χ0n) is 19.4. The molecule has 2 aliphatic heterocycles. The topological polar surface area (TPSA) is 104 Å². The third-order valence-corrected chi connectivity index (χ3v) is 7.17. The normalized spacial score (nSPS) is 17.2. The first-order valence-electron chi connectivity index (χ1n) is 11.4. The summed E-state index contributed by atoms with van der Waals surface area (Å²) in [5, 5.41) is 3.57. The van der Waals surface area contributed by atoms with E-state index in [1.165, 1.54) is 17.4 Å². The second-order valence-electron chi connectivity index (χ2n) is 8.69. The third-order valence-electron chi connectivity index (χ3n) is 6.14. The number of hydrogen-bond donors (Lipinski definition) is 2. The maximum absolute atomic E-state index is 12.6. The van der Waals surface area contributed by atoms with Gasteiger partial charge in [-0.1, -0.05) is 36.0 Å². The van der Waals surface area contributed by atoms with E-state index in [-0.39, 0.29) is 5.91 Å². The molecule has 1 aromatic heterocycles. The molecule has 2 amide bonds. The van der Waals surface area contributed by atoms with Crippen LogP contribution >= 0.6 is 11.8 Å². The minimum absolute atomic E-state index is 0.211. The summed E-state index contributed by atoms with van der Waals surface area (Å²) in [4.78, 5) is 38.3. The van der Waals surface area contributed by atoms with Crippen LogP contribution in [0.4, 0.5) is 11.4 Å². The maximum atomic E-state index is 12.6. The number of hydrogen-bond acceptors (Lipinski definition) is 7. The fourth-order valence-electron chi connectivity index (χ4n) is 4.05. The smallest absolute Gasteiger partial charge is 0.262 e. The van der Waals surface area contributed by atoms with Crippen molar-refractivity contribution >= 4 is 41.0 Å². The molecule has 0 unspecified atom stereocenters. The lowest BCUT2D eigenvalue weighted by atomic mass is 10.1. The lowest BCUT2D eigenvalue weighted by Crippen LogP contribution is -2.44. The summed E-state index contributed by atoms with van der Waals surface area (Å²) >= 11 is 1.31. The summed E-state index contributed by atoms with van der Waals surface area (Å²) in [5.74, 6) is 0.00310. The van der Waals surface area contributed by atoms with Crippen LogP contribution in [0, 0.1) is 0 Å². The summed E-state index contributed by atoms with van der Waals surface area (Å²) in [6.45, 7) is 4.23. The number of thioether (sulfide) groups is 1. The Labute approximate surface area is 208 Å². The number of likely N-dealkylation sites (N-methyl/N-ethyl adjacent to an activating group) is 1. The fourth-order valence-corrected chi connectivity index (χ4v) is 4.96. The van der Waals surface area contributed by atoms with Gasteiger partial charge < -0.3 is 20.9 Å². The van der Waals surface area contributed by atoms with Crippen molar-refractivity contribution in [2.75, 3.05) is 43.4 Å². The number of nitrogens with zero attached hydrogens (tertiary/aromatic N) is 4. The molecule has 2 aromatic carbocycles. The first-order chi connectivity index (χ1) is 16.9. The van der Waals surface area contributed by atoms with Gasteiger partial charge in [0.05, 0.1) is 16.8 Å². The van der Waals surface area contributed by atoms with E-state index in [9.17, 15) is 9.59 Å². The molecular weight excluding hydrogens is 460 g/mol. The molecule has 0 saturated carbocycles. The van der Waals surface area contributed by atoms with Crippen LogP contribution in [0.2, 0.25) is 0 Å². The van der Waals surface area contributed by atoms with Gasteiger partial charge in [0.1, 0.15) is 10.9 Å². The number of nitrogens with two attached hydrogens (primary N) is 1. The zero-order valence-corrected chi connectivity index (χ0v) is 20.2. The predicted octanol–water partition coefficient (Wildman–Crippen LogP) is 3.00. The van der Waals surface area contributed by atoms with Crippen LogP contribution < -0.4 is 16.0 Å². The largest absolute Gasteiger partial charge is 0.369 e. The highest BCUT2D eigenvalue weighted by molar-refractivity contribution is 8.04. The number of piperazine rings is 1. The molecule has 3 aromatic rings. The standard InChI is InChI=1S/C26H26N6O2S/c1-31-10-12-32(13-11-31)20-8-4-18(5-9-20)15-23-28-16-21-26(30-23)35-22(25(34)29-21)14-17-2-6-19(7-3-17)24(27)33/h2-9,14,16H,10-13,15H2,1H3,(H2,27,33)(H,29,34)/b22-14+. The first-order valence-corrected chi connectivity index (χ1v) is 12.3. The minimum atomic E-state index is -0.485. The van der Waals surface area contributed by atoms with E-state index in [1.807, 2.05) is 0 Å². The van der Waals surface area contributed by atoms with Gasteiger partial charge >= 0.3 is 0 Å². The second-order valence-corrected chi connectivity index (χ2v) is 9.72. The number of rotatable bonds is 5. The second kappa shape index (κ2) is 9.89. The number of fused-ring (bicyclic) bond motifs is 1. The molecule has 8 nitrogen and oxygen atoms in total. The van der Waals surface area contributed by atoms with Crippen molar-refractivity contribution in [3.63, 3.8) is 0 Å². The zero-order chi connectivity index (χ0) is 24.4. The monoisotopic (exact) mass is 486 g/mol. The average molecular weight is 487 g/mol. The molecule has 1 saturated heterocycles. The van der Waals surface area contributed by atoms with E-state index < -0.39 is 5.91 Å². The number of nitrogens with one attached hydrogen (secondary N) is 1. The highest BCUT2D eigenvalue weighted by Gasteiger charge is 2.23. The Balaban J connectivity index is 1.29. The molecule has 5 rings (SSSR count). The molecular formula is C26H26N6O2S. The van der Waals surface area contributed by atoms with Crippen molar-refractivity contribution in [2.24, 2.45) is 5.73 Å². The lowest BCUT2D eigenvalue weighted by molar-refractivity contribution is -0.112. The van der Waals surface area contributed by atoms with Crippen molar-refractivity contribution in [3.8, 4) is 0 Å². The Bertz CT molecular complexity index is 1280. The molecule has 0 atom stereocenters. The van der Waals surface area contributed by atoms with Gasteiger partial charge in [0.15, 0.2) is 0 Å². The van der Waals surface area contributed by atoms with Crippen molar-refractivity contribution < 1.29 is 9.59 Å². The van der Waals surface area contributed by atoms with Crippen LogP contribution in [0.25, 0.3) is 6.08 Å². The van der Waals surface area contributed by atoms with Crippen LogP contribution in [-0.4, -0.2) is 59.9 Å². The number of primary amides is 1. The van der Waals surface area contributed by atoms with Crippen LogP contribution in [0.1, 0.15) is 27.3 Å². The summed E-state index contributed by atoms with van der Waals surface area (Å²) in [6, 6.07) is 15.4. The Kier molecular flexibility index (Phi) is 6.52. The summed E-state index contributed by atoms with van der Waals surface area (Å²) in [5.41, 5.74) is 9.50. The van der Waals surface area contributed by atoms with Gasteiger partial charge in [0.2, 0.25) is 5.91 Å². The van der Waals surface area contributed by atoms with Gasteiger partial charge in [0, 0.05) is 43.9 Å². The number of amides is 2. The summed E-state index contributed by atoms with van der Waals surface area (Å²) < 4.78 is 0. The molecule has 178 valence electrons. The van der Waals surface area contributed by atoms with Gasteiger partial charge in [0.25, 0.3) is 5.91 Å². The molecule has 0 radical (unpaired) electrons. The maximum Gasteiger partial charge on any atom is 0.262 e. The molecule has 2 aliphatic rings. The highest BCUT2D eigenvalue weighted by atomic mass is 32.2. The molecule has 3 heterocycles. The Morgan fingerprint density at radius 1 is 1.09 bits per heavy atom. The average Bonchev–Trinajstić information content (AvgIpc) is 2.86. The van der Waals surface area contributed by atoms with E-state index in [2.05, 4.69) is 51.4 Å². The molecule has 0 spiro atoms. The van der Waals surface area contributed by atoms with Crippen LogP contribution in [0.15, 0.2) is 64.7 Å². The minimum Gasteiger partial charge on any atom is -0.369 e. The van der Waals surface area contributed by atoms with Gasteiger partial charge in [-0.05, 0) is 48.5 Å². The van der Waals surface area contributed by atoms with Gasteiger partial charge in [-0.25, -0.2) is 9.97 Å². The lowest BCUT2D eigenvalue weighted by Gasteiger charge is -2.34. The quantitative estimate of drug-likeness (QED) is 0.422. The van der Waals surface area contributed by atoms with E-state index in [1.54, 1.807) is 36.5 Å². The summed E-state index contributed by atoms with van der Waals surface area (Å²) in [7, 11) is 2.16. The van der Waals surface area contributed by atoms with Gasteiger partial charge in [-0.3, -0.25) is 9.59 Å². The van der Waals surface area contributed by atoms with Crippen LogP contribution in [0.3, 0.4) is 0 Å². The van der Waals surface area contributed by atoms with Crippen LogP contribution in [-0.2, 0) is 11.2 Å². The van der Waals surface area contributed by atoms with E-state index in [4.69, 9.17) is 10.7 Å². The van der Waals surface area contributed by atoms with Crippen molar-refractivity contribution in [1.82, 2.24) is 14.9 Å². The van der Waals surface area contributed by atoms with E-state index >= 15 is 0 Å². The van der Waals surface area contributed by atoms with Gasteiger partial charge in [-0.15, -0.1) is 0 Å². The number of aromatic nitrogens is 2. The molecule has 35 heavy (non-hydrogen) atoms. The fraction of sp³-hybridized carbons (Fsp3) is 0.231. The van der Waals surface area contributed by atoms with Gasteiger partial charge in [-0.2, -0.15) is 0 Å². The van der Waals surface area contributed by atoms with Crippen molar-refractivity contribution in [2.45, 2.75) is 11.4 Å². The molecule has 0 bridgehead atoms. The number of carbonyl (C=O) groups is 2. The van der Waals surface area contributed by atoms with E-state index in [0.717, 1.165) is 37.3 Å². The Morgan fingerprint density at radius 3 is 2.49 bits per heavy atom. The first kappa shape index (κ1) is 23.1. The summed E-state index contributed by atoms with van der Waals surface area (Å²) in [6.07, 6.45) is 4.05. The predicted molar refractivity (Wildman–Crippen MR) is 138 cm³/mol.